The fraction of sp³-hybridized carbons (Fsp3) is 0.562. The predicted molar refractivity (Wildman–Crippen MR) is 99.3 cm³/mol. The first-order valence-corrected chi connectivity index (χ1v) is 9.75. The van der Waals surface area contributed by atoms with E-state index in [1.807, 2.05) is 35.7 Å². The molecule has 1 aromatic rings. The van der Waals surface area contributed by atoms with Gasteiger partial charge in [0.2, 0.25) is 0 Å². The molecule has 2 saturated heterocycles. The second-order valence-corrected chi connectivity index (χ2v) is 8.34. The van der Waals surface area contributed by atoms with Crippen LogP contribution < -0.4 is 10.6 Å². The summed E-state index contributed by atoms with van der Waals surface area (Å²) < 4.78 is 0.551. The SMILES string of the molecule is Cl.O=C(NCC1CCCNC1)c1ccc(C2SCCS2)cc1. The van der Waals surface area contributed by atoms with Gasteiger partial charge in [-0.25, -0.2) is 0 Å². The van der Waals surface area contributed by atoms with Crippen LogP contribution in [-0.4, -0.2) is 37.0 Å². The highest BCUT2D eigenvalue weighted by atomic mass is 35.5. The van der Waals surface area contributed by atoms with Crippen molar-refractivity contribution in [2.24, 2.45) is 5.92 Å². The Morgan fingerprint density at radius 1 is 1.23 bits per heavy atom. The van der Waals surface area contributed by atoms with Crippen LogP contribution in [0.2, 0.25) is 0 Å². The lowest BCUT2D eigenvalue weighted by Crippen LogP contribution is -2.38. The summed E-state index contributed by atoms with van der Waals surface area (Å²) in [6, 6.07) is 8.13. The van der Waals surface area contributed by atoms with Crippen LogP contribution in [0.25, 0.3) is 0 Å². The van der Waals surface area contributed by atoms with Gasteiger partial charge >= 0.3 is 0 Å². The van der Waals surface area contributed by atoms with Crippen LogP contribution in [0, 0.1) is 5.92 Å². The second kappa shape index (κ2) is 9.06. The second-order valence-electron chi connectivity index (χ2n) is 5.62. The topological polar surface area (TPSA) is 41.1 Å². The first kappa shape index (κ1) is 18.0. The summed E-state index contributed by atoms with van der Waals surface area (Å²) >= 11 is 3.99. The minimum Gasteiger partial charge on any atom is -0.352 e. The van der Waals surface area contributed by atoms with Crippen LogP contribution in [0.4, 0.5) is 0 Å². The monoisotopic (exact) mass is 358 g/mol. The van der Waals surface area contributed by atoms with Crippen molar-refractivity contribution in [1.82, 2.24) is 10.6 Å². The number of nitrogens with one attached hydrogen (secondary N) is 2. The van der Waals surface area contributed by atoms with Gasteiger partial charge in [0.1, 0.15) is 0 Å². The van der Waals surface area contributed by atoms with Gasteiger partial charge in [-0.1, -0.05) is 12.1 Å². The van der Waals surface area contributed by atoms with Gasteiger partial charge in [-0.3, -0.25) is 4.79 Å². The molecule has 2 aliphatic rings. The van der Waals surface area contributed by atoms with Gasteiger partial charge in [0, 0.05) is 23.6 Å². The Kier molecular flexibility index (Phi) is 7.41. The van der Waals surface area contributed by atoms with Crippen molar-refractivity contribution in [3.63, 3.8) is 0 Å². The molecule has 0 bridgehead atoms. The Morgan fingerprint density at radius 2 is 1.95 bits per heavy atom. The molecular weight excluding hydrogens is 336 g/mol. The third-order valence-corrected chi connectivity index (χ3v) is 7.12. The third kappa shape index (κ3) is 4.82. The van der Waals surface area contributed by atoms with E-state index in [0.29, 0.717) is 10.5 Å². The van der Waals surface area contributed by atoms with Crippen LogP contribution in [0.1, 0.15) is 33.3 Å². The maximum Gasteiger partial charge on any atom is 0.251 e. The summed E-state index contributed by atoms with van der Waals surface area (Å²) in [5.41, 5.74) is 2.10. The number of hydrogen-bond donors (Lipinski definition) is 2. The molecule has 6 heteroatoms. The van der Waals surface area contributed by atoms with Crippen molar-refractivity contribution < 1.29 is 4.79 Å². The molecule has 0 aliphatic carbocycles. The minimum atomic E-state index is 0. The van der Waals surface area contributed by atoms with Crippen molar-refractivity contribution in [3.05, 3.63) is 35.4 Å². The fourth-order valence-corrected chi connectivity index (χ4v) is 5.64. The largest absolute Gasteiger partial charge is 0.352 e. The van der Waals surface area contributed by atoms with E-state index >= 15 is 0 Å². The number of amides is 1. The molecule has 2 N–H and O–H groups in total. The van der Waals surface area contributed by atoms with Crippen LogP contribution in [0.15, 0.2) is 24.3 Å². The first-order valence-electron chi connectivity index (χ1n) is 7.65. The number of rotatable bonds is 4. The maximum atomic E-state index is 12.2. The molecule has 0 spiro atoms. The molecule has 1 aromatic carbocycles. The molecular formula is C16H23ClN2OS2. The lowest BCUT2D eigenvalue weighted by molar-refractivity contribution is 0.0945. The summed E-state index contributed by atoms with van der Waals surface area (Å²) in [7, 11) is 0. The molecule has 1 unspecified atom stereocenters. The smallest absolute Gasteiger partial charge is 0.251 e. The van der Waals surface area contributed by atoms with E-state index in [9.17, 15) is 4.79 Å². The third-order valence-electron chi connectivity index (χ3n) is 4.02. The van der Waals surface area contributed by atoms with Crippen molar-refractivity contribution in [1.29, 1.82) is 0 Å². The van der Waals surface area contributed by atoms with E-state index in [1.165, 1.54) is 29.9 Å². The summed E-state index contributed by atoms with van der Waals surface area (Å²) in [6.45, 7) is 2.92. The molecule has 1 amide bonds. The van der Waals surface area contributed by atoms with Gasteiger partial charge in [0.15, 0.2) is 0 Å². The molecule has 2 heterocycles. The number of piperidine rings is 1. The number of carbonyl (C=O) groups excluding carboxylic acids is 1. The number of hydrogen-bond acceptors (Lipinski definition) is 4. The molecule has 2 aliphatic heterocycles. The summed E-state index contributed by atoms with van der Waals surface area (Å²) in [6.07, 6.45) is 2.42. The first-order chi connectivity index (χ1) is 10.3. The van der Waals surface area contributed by atoms with Gasteiger partial charge in [-0.15, -0.1) is 35.9 Å². The highest BCUT2D eigenvalue weighted by Gasteiger charge is 2.19. The van der Waals surface area contributed by atoms with Gasteiger partial charge in [0.25, 0.3) is 5.91 Å². The van der Waals surface area contributed by atoms with Crippen LogP contribution in [0.3, 0.4) is 0 Å². The van der Waals surface area contributed by atoms with Crippen molar-refractivity contribution in [2.75, 3.05) is 31.1 Å². The average Bonchev–Trinajstić information content (AvgIpc) is 3.08. The predicted octanol–water partition coefficient (Wildman–Crippen LogP) is 3.32. The molecule has 3 nitrogen and oxygen atoms in total. The number of thioether (sulfide) groups is 2. The Labute approximate surface area is 147 Å². The minimum absolute atomic E-state index is 0. The van der Waals surface area contributed by atoms with E-state index in [-0.39, 0.29) is 18.3 Å². The summed E-state index contributed by atoms with van der Waals surface area (Å²) in [5.74, 6) is 3.09. The van der Waals surface area contributed by atoms with E-state index < -0.39 is 0 Å². The van der Waals surface area contributed by atoms with Crippen LogP contribution in [-0.2, 0) is 0 Å². The summed E-state index contributed by atoms with van der Waals surface area (Å²) in [4.78, 5) is 12.2. The van der Waals surface area contributed by atoms with E-state index in [2.05, 4.69) is 22.8 Å². The average molecular weight is 359 g/mol. The van der Waals surface area contributed by atoms with Crippen LogP contribution in [0.5, 0.6) is 0 Å². The van der Waals surface area contributed by atoms with Crippen LogP contribution >= 0.6 is 35.9 Å². The highest BCUT2D eigenvalue weighted by molar-refractivity contribution is 8.19. The lowest BCUT2D eigenvalue weighted by Gasteiger charge is -2.22. The van der Waals surface area contributed by atoms with Crippen molar-refractivity contribution in [2.45, 2.75) is 17.4 Å². The molecule has 1 atom stereocenters. The van der Waals surface area contributed by atoms with Gasteiger partial charge in [0.05, 0.1) is 4.58 Å². The standard InChI is InChI=1S/C16H22N2OS2.ClH/c19-15(18-11-12-2-1-7-17-10-12)13-3-5-14(6-4-13)16-20-8-9-21-16;/h3-6,12,16-17H,1-2,7-11H2,(H,18,19);1H. The van der Waals surface area contributed by atoms with E-state index in [0.717, 1.165) is 25.2 Å². The number of halogens is 1. The Hall–Kier alpha value is -0.360. The number of benzene rings is 1. The van der Waals surface area contributed by atoms with Crippen molar-refractivity contribution in [3.8, 4) is 0 Å². The van der Waals surface area contributed by atoms with E-state index in [1.54, 1.807) is 0 Å². The molecule has 0 aromatic heterocycles. The number of carbonyl (C=O) groups is 1. The molecule has 2 fully saturated rings. The molecule has 0 saturated carbocycles. The van der Waals surface area contributed by atoms with Crippen molar-refractivity contribution >= 4 is 41.8 Å². The van der Waals surface area contributed by atoms with E-state index in [4.69, 9.17) is 0 Å². The molecule has 122 valence electrons. The quantitative estimate of drug-likeness (QED) is 0.866. The zero-order chi connectivity index (χ0) is 14.5. The van der Waals surface area contributed by atoms with Gasteiger partial charge in [-0.2, -0.15) is 0 Å². The normalized spacial score (nSPS) is 22.1. The van der Waals surface area contributed by atoms with Gasteiger partial charge in [-0.05, 0) is 49.5 Å². The lowest BCUT2D eigenvalue weighted by atomic mass is 9.99. The summed E-state index contributed by atoms with van der Waals surface area (Å²) in [5, 5.41) is 6.45. The zero-order valence-electron chi connectivity index (χ0n) is 12.5. The Morgan fingerprint density at radius 3 is 2.59 bits per heavy atom. The Balaban J connectivity index is 0.00000176. The fourth-order valence-electron chi connectivity index (χ4n) is 2.78. The zero-order valence-corrected chi connectivity index (χ0v) is 15.0. The van der Waals surface area contributed by atoms with Gasteiger partial charge < -0.3 is 10.6 Å². The Bertz CT molecular complexity index is 472. The highest BCUT2D eigenvalue weighted by Crippen LogP contribution is 2.45. The molecule has 3 rings (SSSR count). The maximum absolute atomic E-state index is 12.2. The molecule has 0 radical (unpaired) electrons. The molecule has 22 heavy (non-hydrogen) atoms.